The molecule has 1 aliphatic heterocycles. The van der Waals surface area contributed by atoms with Crippen LogP contribution in [0.4, 0.5) is 0 Å². The summed E-state index contributed by atoms with van der Waals surface area (Å²) in [6.45, 7) is 2.44. The average Bonchev–Trinajstić information content (AvgIpc) is 3.09. The van der Waals surface area contributed by atoms with E-state index in [1.54, 1.807) is 24.3 Å². The van der Waals surface area contributed by atoms with Crippen molar-refractivity contribution < 1.29 is 19.1 Å². The minimum Gasteiger partial charge on any atom is -0.379 e. The molecule has 1 aromatic carbocycles. The number of carbonyl (C=O) groups excluding carboxylic acids is 2. The van der Waals surface area contributed by atoms with E-state index < -0.39 is 0 Å². The number of rotatable bonds is 9. The second-order valence-corrected chi connectivity index (χ2v) is 5.98. The minimum absolute atomic E-state index is 0.0825. The number of benzene rings is 1. The Morgan fingerprint density at radius 1 is 1.29 bits per heavy atom. The van der Waals surface area contributed by atoms with Crippen LogP contribution >= 0.6 is 11.6 Å². The lowest BCUT2D eigenvalue weighted by Gasteiger charge is -2.10. The lowest BCUT2D eigenvalue weighted by molar-refractivity contribution is -0.120. The average molecular weight is 355 g/mol. The number of amides is 2. The molecule has 1 unspecified atom stereocenters. The Morgan fingerprint density at radius 3 is 2.88 bits per heavy atom. The highest BCUT2D eigenvalue weighted by atomic mass is 35.5. The SMILES string of the molecule is O=C(CNC(=O)c1ccccc1Cl)NCCCOCC1CCCO1. The van der Waals surface area contributed by atoms with Gasteiger partial charge in [0.1, 0.15) is 0 Å². The molecule has 0 bridgehead atoms. The van der Waals surface area contributed by atoms with Crippen molar-refractivity contribution in [3.05, 3.63) is 34.9 Å². The molecule has 24 heavy (non-hydrogen) atoms. The van der Waals surface area contributed by atoms with Gasteiger partial charge >= 0.3 is 0 Å². The zero-order valence-electron chi connectivity index (χ0n) is 13.6. The van der Waals surface area contributed by atoms with E-state index in [0.717, 1.165) is 25.9 Å². The fourth-order valence-electron chi connectivity index (χ4n) is 2.36. The summed E-state index contributed by atoms with van der Waals surface area (Å²) < 4.78 is 11.0. The van der Waals surface area contributed by atoms with Gasteiger partial charge in [-0.3, -0.25) is 9.59 Å². The topological polar surface area (TPSA) is 76.7 Å². The Morgan fingerprint density at radius 2 is 2.12 bits per heavy atom. The summed E-state index contributed by atoms with van der Waals surface area (Å²) in [6.07, 6.45) is 3.10. The Kier molecular flexibility index (Phi) is 8.01. The molecule has 132 valence electrons. The third-order valence-electron chi connectivity index (χ3n) is 3.64. The van der Waals surface area contributed by atoms with Crippen molar-refractivity contribution in [1.29, 1.82) is 0 Å². The maximum atomic E-state index is 11.9. The summed E-state index contributed by atoms with van der Waals surface area (Å²) in [4.78, 5) is 23.6. The Balaban J connectivity index is 1.52. The van der Waals surface area contributed by atoms with E-state index in [9.17, 15) is 9.59 Å². The quantitative estimate of drug-likeness (QED) is 0.663. The lowest BCUT2D eigenvalue weighted by Crippen LogP contribution is -2.37. The van der Waals surface area contributed by atoms with Crippen LogP contribution < -0.4 is 10.6 Å². The van der Waals surface area contributed by atoms with Crippen LogP contribution in [-0.4, -0.2) is 50.8 Å². The van der Waals surface area contributed by atoms with Crippen molar-refractivity contribution in [1.82, 2.24) is 10.6 Å². The number of halogens is 1. The van der Waals surface area contributed by atoms with Crippen molar-refractivity contribution >= 4 is 23.4 Å². The number of nitrogens with one attached hydrogen (secondary N) is 2. The molecule has 1 saturated heterocycles. The van der Waals surface area contributed by atoms with Crippen LogP contribution in [0.3, 0.4) is 0 Å². The van der Waals surface area contributed by atoms with Crippen LogP contribution in [0.2, 0.25) is 5.02 Å². The van der Waals surface area contributed by atoms with Gasteiger partial charge in [0.15, 0.2) is 0 Å². The van der Waals surface area contributed by atoms with Crippen molar-refractivity contribution in [2.75, 3.05) is 32.9 Å². The molecule has 2 rings (SSSR count). The van der Waals surface area contributed by atoms with Crippen molar-refractivity contribution in [3.8, 4) is 0 Å². The van der Waals surface area contributed by atoms with Gasteiger partial charge in [0, 0.05) is 19.8 Å². The molecule has 1 atom stereocenters. The maximum absolute atomic E-state index is 11.9. The predicted octanol–water partition coefficient (Wildman–Crippen LogP) is 1.77. The number of hydrogen-bond acceptors (Lipinski definition) is 4. The molecule has 0 radical (unpaired) electrons. The van der Waals surface area contributed by atoms with E-state index in [1.165, 1.54) is 0 Å². The molecule has 2 amide bonds. The van der Waals surface area contributed by atoms with E-state index in [4.69, 9.17) is 21.1 Å². The number of ether oxygens (including phenoxy) is 2. The van der Waals surface area contributed by atoms with Crippen molar-refractivity contribution in [2.24, 2.45) is 0 Å². The van der Waals surface area contributed by atoms with Gasteiger partial charge in [-0.15, -0.1) is 0 Å². The van der Waals surface area contributed by atoms with Gasteiger partial charge in [-0.2, -0.15) is 0 Å². The first kappa shape index (κ1) is 18.7. The summed E-state index contributed by atoms with van der Waals surface area (Å²) in [7, 11) is 0. The van der Waals surface area contributed by atoms with Crippen LogP contribution in [0.1, 0.15) is 29.6 Å². The molecular weight excluding hydrogens is 332 g/mol. The fraction of sp³-hybridized carbons (Fsp3) is 0.529. The van der Waals surface area contributed by atoms with E-state index in [-0.39, 0.29) is 24.5 Å². The molecule has 7 heteroatoms. The minimum atomic E-state index is -0.365. The second-order valence-electron chi connectivity index (χ2n) is 5.58. The molecule has 0 aromatic heterocycles. The summed E-state index contributed by atoms with van der Waals surface area (Å²) in [5, 5.41) is 5.64. The molecule has 6 nitrogen and oxygen atoms in total. The van der Waals surface area contributed by atoms with Crippen LogP contribution in [0, 0.1) is 0 Å². The van der Waals surface area contributed by atoms with E-state index in [1.807, 2.05) is 0 Å². The Hall–Kier alpha value is -1.63. The van der Waals surface area contributed by atoms with Gasteiger partial charge in [0.2, 0.25) is 5.91 Å². The first-order valence-electron chi connectivity index (χ1n) is 8.15. The molecule has 1 fully saturated rings. The largest absolute Gasteiger partial charge is 0.379 e. The highest BCUT2D eigenvalue weighted by Crippen LogP contribution is 2.14. The fourth-order valence-corrected chi connectivity index (χ4v) is 2.58. The van der Waals surface area contributed by atoms with Crippen molar-refractivity contribution in [3.63, 3.8) is 0 Å². The smallest absolute Gasteiger partial charge is 0.253 e. The summed E-state index contributed by atoms with van der Waals surface area (Å²) >= 11 is 5.93. The molecule has 1 heterocycles. The van der Waals surface area contributed by atoms with E-state index in [0.29, 0.717) is 30.3 Å². The van der Waals surface area contributed by atoms with E-state index in [2.05, 4.69) is 10.6 Å². The van der Waals surface area contributed by atoms with Gasteiger partial charge in [0.25, 0.3) is 5.91 Å². The van der Waals surface area contributed by atoms with Gasteiger partial charge in [-0.1, -0.05) is 23.7 Å². The third kappa shape index (κ3) is 6.47. The summed E-state index contributed by atoms with van der Waals surface area (Å²) in [5.74, 6) is -0.606. The highest BCUT2D eigenvalue weighted by Gasteiger charge is 2.15. The molecule has 0 aliphatic carbocycles. The van der Waals surface area contributed by atoms with Crippen LogP contribution in [0.25, 0.3) is 0 Å². The molecule has 1 aliphatic rings. The van der Waals surface area contributed by atoms with Gasteiger partial charge < -0.3 is 20.1 Å². The maximum Gasteiger partial charge on any atom is 0.253 e. The normalized spacial score (nSPS) is 16.8. The first-order chi connectivity index (χ1) is 11.7. The zero-order valence-corrected chi connectivity index (χ0v) is 14.3. The van der Waals surface area contributed by atoms with E-state index >= 15 is 0 Å². The monoisotopic (exact) mass is 354 g/mol. The van der Waals surface area contributed by atoms with Crippen LogP contribution in [0.15, 0.2) is 24.3 Å². The molecule has 0 spiro atoms. The highest BCUT2D eigenvalue weighted by molar-refractivity contribution is 6.33. The second kappa shape index (κ2) is 10.3. The molecule has 0 saturated carbocycles. The van der Waals surface area contributed by atoms with Crippen LogP contribution in [0.5, 0.6) is 0 Å². The molecular formula is C17H23ClN2O4. The first-order valence-corrected chi connectivity index (χ1v) is 8.53. The number of hydrogen-bond donors (Lipinski definition) is 2. The standard InChI is InChI=1S/C17H23ClN2O4/c18-15-7-2-1-6-14(15)17(22)20-11-16(21)19-8-4-9-23-12-13-5-3-10-24-13/h1-2,6-7,13H,3-5,8-12H2,(H,19,21)(H,20,22). The Bertz CT molecular complexity index is 547. The zero-order chi connectivity index (χ0) is 17.2. The summed E-state index contributed by atoms with van der Waals surface area (Å²) in [5.41, 5.74) is 0.356. The Labute approximate surface area is 146 Å². The molecule has 1 aromatic rings. The third-order valence-corrected chi connectivity index (χ3v) is 3.97. The lowest BCUT2D eigenvalue weighted by atomic mass is 10.2. The molecule has 2 N–H and O–H groups in total. The van der Waals surface area contributed by atoms with Crippen molar-refractivity contribution in [2.45, 2.75) is 25.4 Å². The van der Waals surface area contributed by atoms with Gasteiger partial charge in [-0.05, 0) is 31.4 Å². The predicted molar refractivity (Wildman–Crippen MR) is 91.2 cm³/mol. The summed E-state index contributed by atoms with van der Waals surface area (Å²) in [6, 6.07) is 6.71. The van der Waals surface area contributed by atoms with Crippen LogP contribution in [-0.2, 0) is 14.3 Å². The van der Waals surface area contributed by atoms with Gasteiger partial charge in [-0.25, -0.2) is 0 Å². The van der Waals surface area contributed by atoms with Gasteiger partial charge in [0.05, 0.1) is 29.8 Å². The number of carbonyl (C=O) groups is 2.